The molecule has 1 aliphatic heterocycles. The molecule has 0 aliphatic carbocycles. The van der Waals surface area contributed by atoms with Crippen LogP contribution in [0.4, 0.5) is 5.69 Å². The number of ether oxygens (including phenoxy) is 1. The van der Waals surface area contributed by atoms with Crippen molar-refractivity contribution in [1.29, 1.82) is 0 Å². The molecule has 5 nitrogen and oxygen atoms in total. The molecule has 1 saturated heterocycles. The van der Waals surface area contributed by atoms with Crippen molar-refractivity contribution in [1.82, 2.24) is 0 Å². The highest BCUT2D eigenvalue weighted by Crippen LogP contribution is 2.24. The maximum atomic E-state index is 11.9. The number of carbonyl (C=O) groups is 2. The van der Waals surface area contributed by atoms with Crippen molar-refractivity contribution < 1.29 is 19.4 Å². The van der Waals surface area contributed by atoms with Crippen LogP contribution in [0, 0.1) is 5.92 Å². The molecule has 0 radical (unpaired) electrons. The normalized spacial score (nSPS) is 16.7. The number of aromatic carboxylic acids is 1. The van der Waals surface area contributed by atoms with Gasteiger partial charge in [0.15, 0.2) is 0 Å². The third-order valence-electron chi connectivity index (χ3n) is 2.71. The Morgan fingerprint density at radius 3 is 2.76 bits per heavy atom. The van der Waals surface area contributed by atoms with Crippen LogP contribution in [0.3, 0.4) is 0 Å². The first-order valence-corrected chi connectivity index (χ1v) is 6.26. The van der Waals surface area contributed by atoms with Crippen molar-refractivity contribution in [3.8, 4) is 0 Å². The Hall–Kier alpha value is -1.40. The van der Waals surface area contributed by atoms with E-state index in [9.17, 15) is 9.59 Å². The van der Waals surface area contributed by atoms with Gasteiger partial charge in [0.1, 0.15) is 4.88 Å². The number of amides is 1. The van der Waals surface area contributed by atoms with E-state index in [1.54, 1.807) is 11.4 Å². The van der Waals surface area contributed by atoms with Crippen molar-refractivity contribution in [2.24, 2.45) is 5.92 Å². The molecule has 2 heterocycles. The highest BCUT2D eigenvalue weighted by atomic mass is 32.1. The average Bonchev–Trinajstić information content (AvgIpc) is 2.78. The van der Waals surface area contributed by atoms with E-state index in [1.807, 2.05) is 0 Å². The second-order valence-corrected chi connectivity index (χ2v) is 4.76. The molecule has 0 saturated carbocycles. The van der Waals surface area contributed by atoms with Gasteiger partial charge in [-0.15, -0.1) is 11.3 Å². The van der Waals surface area contributed by atoms with E-state index in [0.29, 0.717) is 31.7 Å². The maximum Gasteiger partial charge on any atom is 0.348 e. The van der Waals surface area contributed by atoms with Crippen molar-refractivity contribution in [3.63, 3.8) is 0 Å². The Morgan fingerprint density at radius 2 is 2.12 bits per heavy atom. The van der Waals surface area contributed by atoms with E-state index in [-0.39, 0.29) is 16.7 Å². The first-order valence-electron chi connectivity index (χ1n) is 5.38. The van der Waals surface area contributed by atoms with Gasteiger partial charge in [0.2, 0.25) is 5.91 Å². The zero-order valence-corrected chi connectivity index (χ0v) is 9.96. The Morgan fingerprint density at radius 1 is 1.41 bits per heavy atom. The molecule has 2 rings (SSSR count). The fourth-order valence-corrected chi connectivity index (χ4v) is 2.45. The molecule has 92 valence electrons. The second-order valence-electron chi connectivity index (χ2n) is 3.84. The first-order chi connectivity index (χ1) is 8.18. The summed E-state index contributed by atoms with van der Waals surface area (Å²) in [7, 11) is 0. The molecule has 17 heavy (non-hydrogen) atoms. The lowest BCUT2D eigenvalue weighted by Gasteiger charge is -2.21. The quantitative estimate of drug-likeness (QED) is 0.863. The van der Waals surface area contributed by atoms with Crippen molar-refractivity contribution in [2.75, 3.05) is 18.5 Å². The minimum atomic E-state index is -1.01. The third-order valence-corrected chi connectivity index (χ3v) is 3.61. The smallest absolute Gasteiger partial charge is 0.348 e. The number of nitrogens with one attached hydrogen (secondary N) is 1. The minimum absolute atomic E-state index is 0.0784. The molecule has 1 amide bonds. The summed E-state index contributed by atoms with van der Waals surface area (Å²) in [5.41, 5.74) is 0.388. The summed E-state index contributed by atoms with van der Waals surface area (Å²) in [6, 6.07) is 1.62. The third kappa shape index (κ3) is 2.83. The summed E-state index contributed by atoms with van der Waals surface area (Å²) < 4.78 is 5.17. The predicted molar refractivity (Wildman–Crippen MR) is 63.5 cm³/mol. The number of carboxylic acid groups (broad SMARTS) is 1. The Labute approximate surface area is 102 Å². The summed E-state index contributed by atoms with van der Waals surface area (Å²) in [5.74, 6) is -1.21. The molecule has 0 bridgehead atoms. The number of rotatable bonds is 3. The van der Waals surface area contributed by atoms with E-state index in [0.717, 1.165) is 11.3 Å². The summed E-state index contributed by atoms with van der Waals surface area (Å²) in [5, 5.41) is 13.2. The van der Waals surface area contributed by atoms with E-state index in [1.165, 1.54) is 0 Å². The van der Waals surface area contributed by atoms with Gasteiger partial charge in [0.25, 0.3) is 0 Å². The first kappa shape index (κ1) is 12.1. The molecule has 1 aromatic rings. The highest BCUT2D eigenvalue weighted by Gasteiger charge is 2.23. The van der Waals surface area contributed by atoms with Crippen molar-refractivity contribution in [2.45, 2.75) is 12.8 Å². The van der Waals surface area contributed by atoms with E-state index in [4.69, 9.17) is 9.84 Å². The molecule has 1 aliphatic rings. The minimum Gasteiger partial charge on any atom is -0.477 e. The summed E-state index contributed by atoms with van der Waals surface area (Å²) in [6.45, 7) is 1.18. The zero-order chi connectivity index (χ0) is 12.3. The Balaban J connectivity index is 2.02. The number of anilines is 1. The van der Waals surface area contributed by atoms with Crippen LogP contribution in [0.15, 0.2) is 11.4 Å². The van der Waals surface area contributed by atoms with E-state index < -0.39 is 5.97 Å². The molecule has 0 aromatic carbocycles. The van der Waals surface area contributed by atoms with Crippen LogP contribution in [0.2, 0.25) is 0 Å². The molecule has 1 fully saturated rings. The van der Waals surface area contributed by atoms with Crippen molar-refractivity contribution in [3.05, 3.63) is 16.3 Å². The summed E-state index contributed by atoms with van der Waals surface area (Å²) in [6.07, 6.45) is 1.39. The molecular formula is C11H13NO4S. The number of carbonyl (C=O) groups excluding carboxylic acids is 1. The molecule has 0 atom stereocenters. The highest BCUT2D eigenvalue weighted by molar-refractivity contribution is 7.12. The van der Waals surface area contributed by atoms with Crippen LogP contribution >= 0.6 is 11.3 Å². The number of hydrogen-bond donors (Lipinski definition) is 2. The number of carboxylic acids is 1. The lowest BCUT2D eigenvalue weighted by Crippen LogP contribution is -2.28. The molecule has 2 N–H and O–H groups in total. The Bertz CT molecular complexity index is 423. The van der Waals surface area contributed by atoms with Gasteiger partial charge in [-0.1, -0.05) is 0 Å². The standard InChI is InChI=1S/C11H13NO4S/c13-10(7-1-4-16-5-2-7)12-8-3-6-17-9(8)11(14)15/h3,6-7H,1-2,4-5H2,(H,12,13)(H,14,15). The van der Waals surface area contributed by atoms with Gasteiger partial charge in [-0.2, -0.15) is 0 Å². The maximum absolute atomic E-state index is 11.9. The van der Waals surface area contributed by atoms with E-state index >= 15 is 0 Å². The van der Waals surface area contributed by atoms with Gasteiger partial charge in [-0.25, -0.2) is 4.79 Å². The summed E-state index contributed by atoms with van der Waals surface area (Å²) in [4.78, 5) is 22.9. The fraction of sp³-hybridized carbons (Fsp3) is 0.455. The largest absolute Gasteiger partial charge is 0.477 e. The lowest BCUT2D eigenvalue weighted by molar-refractivity contribution is -0.122. The van der Waals surface area contributed by atoms with Crippen LogP contribution in [-0.4, -0.2) is 30.2 Å². The molecule has 6 heteroatoms. The fourth-order valence-electron chi connectivity index (χ4n) is 1.77. The van der Waals surface area contributed by atoms with Crippen LogP contribution in [0.5, 0.6) is 0 Å². The second kappa shape index (κ2) is 5.29. The van der Waals surface area contributed by atoms with Crippen LogP contribution in [-0.2, 0) is 9.53 Å². The van der Waals surface area contributed by atoms with Crippen LogP contribution in [0.25, 0.3) is 0 Å². The molecule has 0 spiro atoms. The van der Waals surface area contributed by atoms with Crippen molar-refractivity contribution >= 4 is 28.9 Å². The van der Waals surface area contributed by atoms with Gasteiger partial charge in [-0.05, 0) is 24.3 Å². The monoisotopic (exact) mass is 255 g/mol. The van der Waals surface area contributed by atoms with E-state index in [2.05, 4.69) is 5.32 Å². The zero-order valence-electron chi connectivity index (χ0n) is 9.14. The van der Waals surface area contributed by atoms with Crippen LogP contribution < -0.4 is 5.32 Å². The number of thiophene rings is 1. The Kier molecular flexibility index (Phi) is 3.75. The van der Waals surface area contributed by atoms with Gasteiger partial charge in [0.05, 0.1) is 5.69 Å². The lowest BCUT2D eigenvalue weighted by atomic mass is 9.99. The van der Waals surface area contributed by atoms with Gasteiger partial charge in [0, 0.05) is 19.1 Å². The molecule has 0 unspecified atom stereocenters. The van der Waals surface area contributed by atoms with Gasteiger partial charge < -0.3 is 15.2 Å². The average molecular weight is 255 g/mol. The predicted octanol–water partition coefficient (Wildman–Crippen LogP) is 1.81. The van der Waals surface area contributed by atoms with Gasteiger partial charge >= 0.3 is 5.97 Å². The van der Waals surface area contributed by atoms with Crippen LogP contribution in [0.1, 0.15) is 22.5 Å². The topological polar surface area (TPSA) is 75.6 Å². The SMILES string of the molecule is O=C(O)c1sccc1NC(=O)C1CCOCC1. The van der Waals surface area contributed by atoms with Gasteiger partial charge in [-0.3, -0.25) is 4.79 Å². The molecular weight excluding hydrogens is 242 g/mol. The summed E-state index contributed by atoms with van der Waals surface area (Å²) >= 11 is 1.11. The molecule has 1 aromatic heterocycles. The number of hydrogen-bond acceptors (Lipinski definition) is 4.